The Hall–Kier alpha value is -1.55. The van der Waals surface area contributed by atoms with Gasteiger partial charge in [-0.05, 0) is 48.8 Å². The van der Waals surface area contributed by atoms with Crippen LogP contribution < -0.4 is 5.73 Å². The topological polar surface area (TPSA) is 66.6 Å². The lowest BCUT2D eigenvalue weighted by molar-refractivity contribution is -0.134. The van der Waals surface area contributed by atoms with Crippen LogP contribution in [-0.2, 0) is 11.2 Å². The van der Waals surface area contributed by atoms with E-state index in [9.17, 15) is 9.90 Å². The molecule has 0 radical (unpaired) electrons. The van der Waals surface area contributed by atoms with Crippen molar-refractivity contribution in [2.24, 2.45) is 17.6 Å². The zero-order valence-corrected chi connectivity index (χ0v) is 13.0. The van der Waals surface area contributed by atoms with Crippen molar-refractivity contribution in [1.29, 1.82) is 0 Å². The maximum Gasteiger partial charge on any atom is 0.239 e. The summed E-state index contributed by atoms with van der Waals surface area (Å²) in [6, 6.07) is 6.38. The van der Waals surface area contributed by atoms with Gasteiger partial charge in [-0.1, -0.05) is 26.0 Å². The van der Waals surface area contributed by atoms with Gasteiger partial charge < -0.3 is 15.7 Å². The fourth-order valence-corrected chi connectivity index (χ4v) is 2.99. The Morgan fingerprint density at radius 1 is 1.29 bits per heavy atom. The second-order valence-electron chi connectivity index (χ2n) is 6.38. The average Bonchev–Trinajstić information content (AvgIpc) is 2.49. The fraction of sp³-hybridized carbons (Fsp3) is 0.588. The second-order valence-corrected chi connectivity index (χ2v) is 6.38. The third-order valence-corrected chi connectivity index (χ3v) is 4.50. The fourth-order valence-electron chi connectivity index (χ4n) is 2.99. The van der Waals surface area contributed by atoms with Crippen LogP contribution in [0.4, 0.5) is 0 Å². The van der Waals surface area contributed by atoms with E-state index in [1.807, 2.05) is 17.0 Å². The molecule has 1 saturated heterocycles. The molecule has 4 nitrogen and oxygen atoms in total. The first-order valence-corrected chi connectivity index (χ1v) is 7.79. The van der Waals surface area contributed by atoms with Crippen LogP contribution in [0.5, 0.6) is 5.75 Å². The Morgan fingerprint density at radius 2 is 1.86 bits per heavy atom. The molecule has 1 aromatic carbocycles. The summed E-state index contributed by atoms with van der Waals surface area (Å²) < 4.78 is 0. The molecule has 0 spiro atoms. The molecule has 1 aliphatic rings. The molecule has 0 aromatic heterocycles. The van der Waals surface area contributed by atoms with E-state index in [2.05, 4.69) is 13.8 Å². The number of hydrogen-bond donors (Lipinski definition) is 2. The quantitative estimate of drug-likeness (QED) is 0.893. The van der Waals surface area contributed by atoms with Gasteiger partial charge in [-0.25, -0.2) is 0 Å². The van der Waals surface area contributed by atoms with Crippen LogP contribution in [-0.4, -0.2) is 35.0 Å². The molecule has 1 amide bonds. The predicted octanol–water partition coefficient (Wildman–Crippen LogP) is 2.16. The first kappa shape index (κ1) is 15.8. The van der Waals surface area contributed by atoms with Crippen molar-refractivity contribution in [1.82, 2.24) is 4.90 Å². The van der Waals surface area contributed by atoms with Crippen LogP contribution in [0.15, 0.2) is 24.3 Å². The summed E-state index contributed by atoms with van der Waals surface area (Å²) in [5, 5.41) is 9.27. The normalized spacial score (nSPS) is 18.0. The van der Waals surface area contributed by atoms with Gasteiger partial charge in [0.2, 0.25) is 5.91 Å². The van der Waals surface area contributed by atoms with Crippen LogP contribution >= 0.6 is 0 Å². The molecule has 116 valence electrons. The van der Waals surface area contributed by atoms with Crippen molar-refractivity contribution >= 4 is 5.91 Å². The summed E-state index contributed by atoms with van der Waals surface area (Å²) in [6.45, 7) is 6.15. The van der Waals surface area contributed by atoms with Crippen molar-refractivity contribution in [2.45, 2.75) is 39.2 Å². The summed E-state index contributed by atoms with van der Waals surface area (Å²) in [4.78, 5) is 14.3. The van der Waals surface area contributed by atoms with Crippen LogP contribution in [0.1, 0.15) is 32.3 Å². The number of nitrogens with two attached hydrogens (primary N) is 1. The van der Waals surface area contributed by atoms with Gasteiger partial charge in [0.15, 0.2) is 0 Å². The van der Waals surface area contributed by atoms with E-state index in [4.69, 9.17) is 5.73 Å². The summed E-state index contributed by atoms with van der Waals surface area (Å²) in [7, 11) is 0. The zero-order chi connectivity index (χ0) is 15.4. The lowest BCUT2D eigenvalue weighted by atomic mass is 9.86. The average molecular weight is 290 g/mol. The smallest absolute Gasteiger partial charge is 0.239 e. The van der Waals surface area contributed by atoms with E-state index in [-0.39, 0.29) is 11.7 Å². The van der Waals surface area contributed by atoms with E-state index >= 15 is 0 Å². The minimum atomic E-state index is -0.495. The Bertz CT molecular complexity index is 462. The third-order valence-electron chi connectivity index (χ3n) is 4.50. The molecule has 1 aromatic rings. The molecular weight excluding hydrogens is 264 g/mol. The van der Waals surface area contributed by atoms with Crippen molar-refractivity contribution < 1.29 is 9.90 Å². The number of phenolic OH excluding ortho intramolecular Hbond substituents is 1. The number of nitrogens with zero attached hydrogens (tertiary/aromatic N) is 1. The van der Waals surface area contributed by atoms with Gasteiger partial charge in [0.25, 0.3) is 0 Å². The van der Waals surface area contributed by atoms with E-state index in [1.165, 1.54) is 0 Å². The third kappa shape index (κ3) is 4.21. The molecule has 2 rings (SSSR count). The monoisotopic (exact) mass is 290 g/mol. The lowest BCUT2D eigenvalue weighted by Crippen LogP contribution is -2.48. The molecule has 0 unspecified atom stereocenters. The summed E-state index contributed by atoms with van der Waals surface area (Å²) in [6.07, 6.45) is 2.67. The molecule has 1 fully saturated rings. The number of hydrogen-bond acceptors (Lipinski definition) is 3. The number of aromatic hydroxyl groups is 1. The van der Waals surface area contributed by atoms with Gasteiger partial charge in [0, 0.05) is 13.1 Å². The number of likely N-dealkylation sites (tertiary alicyclic amines) is 1. The van der Waals surface area contributed by atoms with Crippen molar-refractivity contribution in [2.75, 3.05) is 13.1 Å². The first-order valence-electron chi connectivity index (χ1n) is 7.79. The lowest BCUT2D eigenvalue weighted by Gasteiger charge is -2.35. The summed E-state index contributed by atoms with van der Waals surface area (Å²) >= 11 is 0. The summed E-state index contributed by atoms with van der Waals surface area (Å²) in [5.41, 5.74) is 7.04. The highest BCUT2D eigenvalue weighted by molar-refractivity contribution is 5.82. The maximum atomic E-state index is 12.4. The minimum Gasteiger partial charge on any atom is -0.508 e. The van der Waals surface area contributed by atoms with Crippen LogP contribution in [0.25, 0.3) is 0 Å². The van der Waals surface area contributed by atoms with E-state index < -0.39 is 6.04 Å². The number of carbonyl (C=O) groups excluding carboxylic acids is 1. The standard InChI is InChI=1S/C17H26N2O2/c1-12(2)14-7-9-19(10-8-14)17(21)16(18)11-13-3-5-15(20)6-4-13/h3-6,12,14,16,20H,7-11,18H2,1-2H3/t16-/m0/s1. The highest BCUT2D eigenvalue weighted by Gasteiger charge is 2.27. The second kappa shape index (κ2) is 6.94. The molecule has 3 N–H and O–H groups in total. The molecular formula is C17H26N2O2. The molecule has 0 bridgehead atoms. The minimum absolute atomic E-state index is 0.0466. The highest BCUT2D eigenvalue weighted by Crippen LogP contribution is 2.24. The molecule has 1 aliphatic heterocycles. The number of carbonyl (C=O) groups is 1. The summed E-state index contributed by atoms with van der Waals surface area (Å²) in [5.74, 6) is 1.69. The number of piperidine rings is 1. The predicted molar refractivity (Wildman–Crippen MR) is 83.9 cm³/mol. The molecule has 1 atom stereocenters. The van der Waals surface area contributed by atoms with Crippen LogP contribution in [0.2, 0.25) is 0 Å². The van der Waals surface area contributed by atoms with Crippen molar-refractivity contribution in [3.63, 3.8) is 0 Å². The van der Waals surface area contributed by atoms with Gasteiger partial charge in [-0.3, -0.25) is 4.79 Å². The molecule has 21 heavy (non-hydrogen) atoms. The number of phenols is 1. The van der Waals surface area contributed by atoms with Gasteiger partial charge in [-0.2, -0.15) is 0 Å². The van der Waals surface area contributed by atoms with Gasteiger partial charge in [0.1, 0.15) is 5.75 Å². The van der Waals surface area contributed by atoms with Crippen molar-refractivity contribution in [3.05, 3.63) is 29.8 Å². The maximum absolute atomic E-state index is 12.4. The highest BCUT2D eigenvalue weighted by atomic mass is 16.3. The molecule has 4 heteroatoms. The number of rotatable bonds is 4. The van der Waals surface area contributed by atoms with Crippen LogP contribution in [0.3, 0.4) is 0 Å². The van der Waals surface area contributed by atoms with E-state index in [0.717, 1.165) is 37.4 Å². The SMILES string of the molecule is CC(C)C1CCN(C(=O)[C@@H](N)Cc2ccc(O)cc2)CC1. The Labute approximate surface area is 126 Å². The number of amides is 1. The van der Waals surface area contributed by atoms with E-state index in [0.29, 0.717) is 12.3 Å². The van der Waals surface area contributed by atoms with Gasteiger partial charge in [-0.15, -0.1) is 0 Å². The zero-order valence-electron chi connectivity index (χ0n) is 13.0. The van der Waals surface area contributed by atoms with Crippen molar-refractivity contribution in [3.8, 4) is 5.75 Å². The Kier molecular flexibility index (Phi) is 5.23. The van der Waals surface area contributed by atoms with E-state index in [1.54, 1.807) is 12.1 Å². The molecule has 0 aliphatic carbocycles. The van der Waals surface area contributed by atoms with Crippen LogP contribution in [0, 0.1) is 11.8 Å². The molecule has 1 heterocycles. The Morgan fingerprint density at radius 3 is 2.38 bits per heavy atom. The van der Waals surface area contributed by atoms with Gasteiger partial charge in [0.05, 0.1) is 6.04 Å². The van der Waals surface area contributed by atoms with Gasteiger partial charge >= 0.3 is 0 Å². The number of benzene rings is 1. The molecule has 0 saturated carbocycles. The largest absolute Gasteiger partial charge is 0.508 e. The first-order chi connectivity index (χ1) is 9.97. The Balaban J connectivity index is 1.87.